The lowest BCUT2D eigenvalue weighted by molar-refractivity contribution is -0.870. The van der Waals surface area contributed by atoms with Crippen molar-refractivity contribution in [1.82, 2.24) is 5.32 Å². The Bertz CT molecular complexity index is 1210. The fourth-order valence-electron chi connectivity index (χ4n) is 9.54. The average molecular weight is 1020 g/mol. The quantitative estimate of drug-likeness (QED) is 0.0272. The number of amides is 1. The number of likely N-dealkylation sites (N-methyl/N-ethyl adjacent to an activating group) is 1. The molecule has 8 nitrogen and oxygen atoms in total. The molecule has 0 aromatic rings. The van der Waals surface area contributed by atoms with Crippen molar-refractivity contribution >= 4 is 13.7 Å². The molecule has 71 heavy (non-hydrogen) atoms. The molecule has 0 aliphatic carbocycles. The Morgan fingerprint density at radius 1 is 0.493 bits per heavy atom. The first-order valence-electron chi connectivity index (χ1n) is 31.2. The minimum absolute atomic E-state index is 0.0149. The topological polar surface area (TPSA) is 108 Å². The van der Waals surface area contributed by atoms with Gasteiger partial charge in [-0.15, -0.1) is 0 Å². The van der Waals surface area contributed by atoms with Crippen LogP contribution in [-0.4, -0.2) is 68.5 Å². The average Bonchev–Trinajstić information content (AvgIpc) is 3.33. The van der Waals surface area contributed by atoms with Crippen molar-refractivity contribution in [2.45, 2.75) is 328 Å². The van der Waals surface area contributed by atoms with Gasteiger partial charge in [0.15, 0.2) is 0 Å². The Hall–Kier alpha value is -1.02. The number of aliphatic hydroxyl groups is 1. The number of nitrogens with one attached hydrogen (secondary N) is 1. The van der Waals surface area contributed by atoms with Crippen LogP contribution in [0, 0.1) is 0 Å². The van der Waals surface area contributed by atoms with E-state index in [0.717, 1.165) is 44.9 Å². The summed E-state index contributed by atoms with van der Waals surface area (Å²) in [7, 11) is 1.32. The largest absolute Gasteiger partial charge is 0.756 e. The number of phosphoric ester groups is 1. The highest BCUT2D eigenvalue weighted by atomic mass is 31.2. The molecule has 0 spiro atoms. The van der Waals surface area contributed by atoms with E-state index >= 15 is 0 Å². The maximum atomic E-state index is 13.0. The molecule has 422 valence electrons. The Morgan fingerprint density at radius 2 is 0.817 bits per heavy atom. The molecule has 0 radical (unpaired) electrons. The van der Waals surface area contributed by atoms with Gasteiger partial charge in [0.05, 0.1) is 39.9 Å². The van der Waals surface area contributed by atoms with Crippen molar-refractivity contribution in [2.24, 2.45) is 0 Å². The summed E-state index contributed by atoms with van der Waals surface area (Å²) in [5.74, 6) is -0.158. The van der Waals surface area contributed by atoms with Crippen molar-refractivity contribution in [1.29, 1.82) is 0 Å². The summed E-state index contributed by atoms with van der Waals surface area (Å²) in [6, 6.07) is -0.797. The predicted molar refractivity (Wildman–Crippen MR) is 307 cm³/mol. The second kappa shape index (κ2) is 53.8. The van der Waals surface area contributed by atoms with Gasteiger partial charge in [0.25, 0.3) is 7.82 Å². The van der Waals surface area contributed by atoms with E-state index < -0.39 is 20.0 Å². The van der Waals surface area contributed by atoms with Crippen LogP contribution in [-0.2, 0) is 18.4 Å². The molecule has 0 fully saturated rings. The van der Waals surface area contributed by atoms with Crippen LogP contribution in [0.25, 0.3) is 0 Å². The standard InChI is InChI=1S/C62H123N2O6P/c1-6-8-10-12-14-16-18-20-22-24-25-26-27-28-29-30-31-32-33-34-35-36-37-38-39-40-42-44-46-48-50-52-54-56-62(66)63-60(59-70-71(67,68)69-58-57-64(3,4)5)61(65)55-53-51-49-47-45-43-41-23-21-19-17-15-13-11-9-7-2/h18,20,24-25,60-61,65H,6-17,19,21-23,26-59H2,1-5H3,(H-,63,66,67,68)/b20-18-,25-24-. The van der Waals surface area contributed by atoms with Gasteiger partial charge in [-0.1, -0.05) is 289 Å². The third kappa shape index (κ3) is 56.5. The minimum atomic E-state index is -4.57. The molecule has 0 rings (SSSR count). The number of quaternary nitrogens is 1. The van der Waals surface area contributed by atoms with E-state index in [1.807, 2.05) is 21.1 Å². The number of carbonyl (C=O) groups is 1. The third-order valence-corrected chi connectivity index (χ3v) is 15.4. The van der Waals surface area contributed by atoms with E-state index in [4.69, 9.17) is 9.05 Å². The Kier molecular flexibility index (Phi) is 53.0. The summed E-state index contributed by atoms with van der Waals surface area (Å²) in [5.41, 5.74) is 0. The van der Waals surface area contributed by atoms with E-state index in [0.29, 0.717) is 23.9 Å². The zero-order chi connectivity index (χ0) is 52.0. The lowest BCUT2D eigenvalue weighted by Gasteiger charge is -2.30. The maximum Gasteiger partial charge on any atom is 0.268 e. The Labute approximate surface area is 443 Å². The predicted octanol–water partition coefficient (Wildman–Crippen LogP) is 18.5. The number of rotatable bonds is 58. The minimum Gasteiger partial charge on any atom is -0.756 e. The number of nitrogens with zero attached hydrogens (tertiary/aromatic N) is 1. The normalized spacial score (nSPS) is 14.0. The first kappa shape index (κ1) is 70.0. The number of hydrogen-bond acceptors (Lipinski definition) is 6. The highest BCUT2D eigenvalue weighted by Gasteiger charge is 2.24. The van der Waals surface area contributed by atoms with Crippen LogP contribution in [0.15, 0.2) is 24.3 Å². The summed E-state index contributed by atoms with van der Waals surface area (Å²) < 4.78 is 23.4. The lowest BCUT2D eigenvalue weighted by atomic mass is 10.0. The molecule has 0 aromatic heterocycles. The molecule has 0 aromatic carbocycles. The van der Waals surface area contributed by atoms with Gasteiger partial charge in [-0.05, 0) is 44.9 Å². The van der Waals surface area contributed by atoms with Crippen LogP contribution in [0.1, 0.15) is 316 Å². The highest BCUT2D eigenvalue weighted by molar-refractivity contribution is 7.45. The third-order valence-electron chi connectivity index (χ3n) is 14.4. The molecule has 0 saturated carbocycles. The smallest absolute Gasteiger partial charge is 0.268 e. The molecular weight excluding hydrogens is 900 g/mol. The van der Waals surface area contributed by atoms with Gasteiger partial charge < -0.3 is 28.8 Å². The molecule has 0 aliphatic heterocycles. The van der Waals surface area contributed by atoms with Crippen LogP contribution >= 0.6 is 7.82 Å². The van der Waals surface area contributed by atoms with Crippen LogP contribution < -0.4 is 10.2 Å². The molecule has 0 saturated heterocycles. The molecule has 2 N–H and O–H groups in total. The van der Waals surface area contributed by atoms with Crippen LogP contribution in [0.3, 0.4) is 0 Å². The SMILES string of the molecule is CCCCCCC/C=C\C/C=C\CCCCCCCCCCCCCCCCCCCCCCCC(=O)NC(COP(=O)([O-])OCC[N+](C)(C)C)C(O)CCCCCCCCCCCCCCCCCC. The van der Waals surface area contributed by atoms with Gasteiger partial charge in [-0.25, -0.2) is 0 Å². The summed E-state index contributed by atoms with van der Waals surface area (Å²) in [5, 5.41) is 14.0. The van der Waals surface area contributed by atoms with E-state index in [9.17, 15) is 19.4 Å². The van der Waals surface area contributed by atoms with Gasteiger partial charge in [-0.2, -0.15) is 0 Å². The van der Waals surface area contributed by atoms with Crippen LogP contribution in [0.4, 0.5) is 0 Å². The van der Waals surface area contributed by atoms with Crippen LogP contribution in [0.5, 0.6) is 0 Å². The summed E-state index contributed by atoms with van der Waals surface area (Å²) >= 11 is 0. The van der Waals surface area contributed by atoms with Crippen molar-refractivity contribution in [3.05, 3.63) is 24.3 Å². The summed E-state index contributed by atoms with van der Waals surface area (Å²) in [6.07, 6.45) is 68.0. The first-order chi connectivity index (χ1) is 34.5. The molecule has 3 atom stereocenters. The van der Waals surface area contributed by atoms with Crippen molar-refractivity contribution in [3.8, 4) is 0 Å². The van der Waals surface area contributed by atoms with E-state index in [1.54, 1.807) is 0 Å². The zero-order valence-electron chi connectivity index (χ0n) is 48.2. The van der Waals surface area contributed by atoms with E-state index in [1.165, 1.54) is 244 Å². The van der Waals surface area contributed by atoms with Crippen molar-refractivity contribution in [2.75, 3.05) is 40.9 Å². The zero-order valence-corrected chi connectivity index (χ0v) is 49.1. The molecule has 9 heteroatoms. The molecule has 3 unspecified atom stereocenters. The number of hydrogen-bond donors (Lipinski definition) is 2. The first-order valence-corrected chi connectivity index (χ1v) is 32.6. The Morgan fingerprint density at radius 3 is 1.17 bits per heavy atom. The van der Waals surface area contributed by atoms with E-state index in [-0.39, 0.29) is 19.1 Å². The maximum absolute atomic E-state index is 13.0. The molecular formula is C62H123N2O6P. The molecule has 0 heterocycles. The lowest BCUT2D eigenvalue weighted by Crippen LogP contribution is -2.46. The number of allylic oxidation sites excluding steroid dienone is 4. The van der Waals surface area contributed by atoms with Crippen LogP contribution in [0.2, 0.25) is 0 Å². The van der Waals surface area contributed by atoms with Gasteiger partial charge in [0.1, 0.15) is 13.2 Å². The van der Waals surface area contributed by atoms with Crippen molar-refractivity contribution < 1.29 is 32.9 Å². The van der Waals surface area contributed by atoms with Crippen molar-refractivity contribution in [3.63, 3.8) is 0 Å². The monoisotopic (exact) mass is 1020 g/mol. The molecule has 0 bridgehead atoms. The molecule has 1 amide bonds. The number of phosphoric acid groups is 1. The number of unbranched alkanes of at least 4 members (excludes halogenated alkanes) is 41. The fraction of sp³-hybridized carbons (Fsp3) is 0.919. The number of aliphatic hydroxyl groups excluding tert-OH is 1. The Balaban J connectivity index is 3.97. The van der Waals surface area contributed by atoms with Gasteiger partial charge in [0.2, 0.25) is 5.91 Å². The molecule has 0 aliphatic rings. The summed E-state index contributed by atoms with van der Waals surface area (Å²) in [4.78, 5) is 25.5. The van der Waals surface area contributed by atoms with Gasteiger partial charge >= 0.3 is 0 Å². The van der Waals surface area contributed by atoms with Gasteiger partial charge in [0, 0.05) is 6.42 Å². The van der Waals surface area contributed by atoms with E-state index in [2.05, 4.69) is 43.5 Å². The summed E-state index contributed by atoms with van der Waals surface area (Å²) in [6.45, 7) is 4.75. The second-order valence-electron chi connectivity index (χ2n) is 22.8. The fourth-order valence-corrected chi connectivity index (χ4v) is 10.3. The second-order valence-corrected chi connectivity index (χ2v) is 24.2. The highest BCUT2D eigenvalue weighted by Crippen LogP contribution is 2.38. The number of carbonyl (C=O) groups excluding carboxylic acids is 1. The van der Waals surface area contributed by atoms with Gasteiger partial charge in [-0.3, -0.25) is 9.36 Å².